The van der Waals surface area contributed by atoms with E-state index in [0.717, 1.165) is 16.7 Å². The number of H-pyrrole nitrogens is 1. The fourth-order valence-corrected chi connectivity index (χ4v) is 5.71. The van der Waals surface area contributed by atoms with Crippen LogP contribution in [-0.2, 0) is 31.6 Å². The summed E-state index contributed by atoms with van der Waals surface area (Å²) in [5, 5.41) is 10.3. The highest BCUT2D eigenvalue weighted by molar-refractivity contribution is 7.66. The minimum atomic E-state index is -5.77. The van der Waals surface area contributed by atoms with E-state index in [1.165, 1.54) is 13.1 Å². The Hall–Kier alpha value is -1.12. The van der Waals surface area contributed by atoms with Gasteiger partial charge in [0, 0.05) is 6.92 Å². The zero-order valence-corrected chi connectivity index (χ0v) is 18.2. The first-order valence-electron chi connectivity index (χ1n) is 8.04. The Morgan fingerprint density at radius 3 is 2.42 bits per heavy atom. The van der Waals surface area contributed by atoms with E-state index in [1.807, 2.05) is 0 Å². The molecule has 0 aliphatic carbocycles. The van der Waals surface area contributed by atoms with Crippen molar-refractivity contribution in [3.8, 4) is 0 Å². The molecule has 1 aliphatic heterocycles. The van der Waals surface area contributed by atoms with Crippen molar-refractivity contribution in [1.29, 1.82) is 0 Å². The molecule has 1 aromatic heterocycles. The fourth-order valence-electron chi connectivity index (χ4n) is 2.65. The van der Waals surface area contributed by atoms with Crippen LogP contribution in [-0.4, -0.2) is 54.1 Å². The summed E-state index contributed by atoms with van der Waals surface area (Å²) in [4.78, 5) is 49.4. The number of halogens is 1. The summed E-state index contributed by atoms with van der Waals surface area (Å²) < 4.78 is 66.8. The number of nitrogens with zero attached hydrogens (tertiary/aromatic N) is 1. The highest BCUT2D eigenvalue weighted by Crippen LogP contribution is 2.66. The molecule has 176 valence electrons. The van der Waals surface area contributed by atoms with Gasteiger partial charge in [-0.3, -0.25) is 4.52 Å². The molecule has 6 N–H and O–H groups in total. The molecule has 19 heteroatoms. The number of phosphoric ester groups is 1. The van der Waals surface area contributed by atoms with Gasteiger partial charge in [-0.05, 0) is 0 Å². The number of rotatable bonds is 9. The van der Waals surface area contributed by atoms with Crippen molar-refractivity contribution in [1.82, 2.24) is 4.98 Å². The molecule has 6 atom stereocenters. The summed E-state index contributed by atoms with van der Waals surface area (Å²) in [5.41, 5.74) is -2.67. The maximum atomic E-state index is 14.8. The molecule has 0 spiro atoms. The minimum absolute atomic E-state index is 0.139. The van der Waals surface area contributed by atoms with Gasteiger partial charge in [-0.15, -0.1) is 6.58 Å². The Bertz CT molecular complexity index is 1040. The lowest BCUT2D eigenvalue weighted by Gasteiger charge is -2.28. The average molecular weight is 511 g/mol. The number of hydrogen-bond donors (Lipinski definition) is 6. The van der Waals surface area contributed by atoms with Crippen LogP contribution in [0, 0.1) is 6.92 Å². The molecular weight excluding hydrogens is 492 g/mol. The van der Waals surface area contributed by atoms with Crippen molar-refractivity contribution in [3.05, 3.63) is 41.1 Å². The third-order valence-electron chi connectivity index (χ3n) is 3.98. The van der Waals surface area contributed by atoms with Crippen molar-refractivity contribution in [2.45, 2.75) is 31.0 Å². The van der Waals surface area contributed by atoms with Crippen LogP contribution in [0.4, 0.5) is 4.39 Å². The first kappa shape index (κ1) is 26.1. The number of aryl methyl sites for hydroxylation is 1. The van der Waals surface area contributed by atoms with E-state index in [2.05, 4.69) is 24.7 Å². The van der Waals surface area contributed by atoms with Gasteiger partial charge in [0.15, 0.2) is 6.17 Å². The average Bonchev–Trinajstić information content (AvgIpc) is 2.82. The van der Waals surface area contributed by atoms with Gasteiger partial charge in [0.25, 0.3) is 5.82 Å². The van der Waals surface area contributed by atoms with Gasteiger partial charge in [0.05, 0.1) is 12.7 Å². The van der Waals surface area contributed by atoms with Gasteiger partial charge >= 0.3 is 29.0 Å². The van der Waals surface area contributed by atoms with E-state index in [0.29, 0.717) is 0 Å². The zero-order chi connectivity index (χ0) is 23.8. The van der Waals surface area contributed by atoms with Crippen LogP contribution in [0.1, 0.15) is 12.1 Å². The molecule has 2 unspecified atom stereocenters. The minimum Gasteiger partial charge on any atom is -0.386 e. The quantitative estimate of drug-likeness (QED) is 0.139. The first-order valence-corrected chi connectivity index (χ1v) is 12.6. The normalized spacial score (nSPS) is 30.5. The van der Waals surface area contributed by atoms with Gasteiger partial charge < -0.3 is 29.4 Å². The van der Waals surface area contributed by atoms with Gasteiger partial charge in [-0.1, -0.05) is 6.08 Å². The van der Waals surface area contributed by atoms with E-state index in [-0.39, 0.29) is 5.82 Å². The molecule has 0 bridgehead atoms. The van der Waals surface area contributed by atoms with E-state index in [4.69, 9.17) is 19.4 Å². The predicted octanol–water partition coefficient (Wildman–Crippen LogP) is -0.533. The summed E-state index contributed by atoms with van der Waals surface area (Å²) in [5.74, 6) is 0.139. The Kier molecular flexibility index (Phi) is 7.61. The monoisotopic (exact) mass is 511 g/mol. The van der Waals surface area contributed by atoms with E-state index < -0.39 is 59.7 Å². The number of alkyl halides is 1. The summed E-state index contributed by atoms with van der Waals surface area (Å²) in [6.45, 7) is 3.60. The molecule has 0 aromatic carbocycles. The van der Waals surface area contributed by atoms with Crippen molar-refractivity contribution < 1.29 is 65.2 Å². The fraction of sp³-hybridized carbons (Fsp3) is 0.500. The van der Waals surface area contributed by atoms with Crippen LogP contribution in [0.15, 0.2) is 29.7 Å². The lowest BCUT2D eigenvalue weighted by Crippen LogP contribution is -2.48. The third kappa shape index (κ3) is 6.45. The highest BCUT2D eigenvalue weighted by Gasteiger charge is 2.57. The Morgan fingerprint density at radius 1 is 1.29 bits per heavy atom. The second-order valence-corrected chi connectivity index (χ2v) is 10.6. The smallest absolute Gasteiger partial charge is 0.386 e. The Balaban J connectivity index is 2.21. The molecular formula is C12H19FN2O13P3+. The molecule has 15 nitrogen and oxygen atoms in total. The maximum absolute atomic E-state index is 14.8. The van der Waals surface area contributed by atoms with Crippen LogP contribution in [0.25, 0.3) is 0 Å². The second kappa shape index (κ2) is 9.02. The van der Waals surface area contributed by atoms with E-state index in [9.17, 15) is 32.9 Å². The number of ether oxygens (including phenoxy) is 1. The molecule has 0 radical (unpaired) electrons. The van der Waals surface area contributed by atoms with Crippen molar-refractivity contribution in [2.75, 3.05) is 6.61 Å². The summed E-state index contributed by atoms with van der Waals surface area (Å²) >= 11 is 0. The van der Waals surface area contributed by atoms with Crippen molar-refractivity contribution in [2.24, 2.45) is 0 Å². The largest absolute Gasteiger partial charge is 0.490 e. The van der Waals surface area contributed by atoms with Crippen LogP contribution in [0.5, 0.6) is 0 Å². The van der Waals surface area contributed by atoms with E-state index in [1.54, 1.807) is 0 Å². The molecule has 1 fully saturated rings. The van der Waals surface area contributed by atoms with Crippen molar-refractivity contribution in [3.63, 3.8) is 0 Å². The lowest BCUT2D eigenvalue weighted by atomic mass is 9.97. The number of aromatic amines is 1. The Morgan fingerprint density at radius 2 is 1.90 bits per heavy atom. The summed E-state index contributed by atoms with van der Waals surface area (Å²) in [7, 11) is -16.9. The predicted molar refractivity (Wildman–Crippen MR) is 95.8 cm³/mol. The van der Waals surface area contributed by atoms with Crippen LogP contribution in [0.2, 0.25) is 0 Å². The number of hydrogen-bond acceptors (Lipinski definition) is 9. The molecule has 2 rings (SSSR count). The van der Waals surface area contributed by atoms with Gasteiger partial charge in [0.2, 0.25) is 6.23 Å². The van der Waals surface area contributed by atoms with Crippen molar-refractivity contribution >= 4 is 23.5 Å². The summed E-state index contributed by atoms with van der Waals surface area (Å²) in [6.07, 6.45) is -3.72. The molecule has 0 saturated carbocycles. The van der Waals surface area contributed by atoms with E-state index >= 15 is 0 Å². The van der Waals surface area contributed by atoms with Crippen LogP contribution < -0.4 is 10.1 Å². The van der Waals surface area contributed by atoms with Gasteiger partial charge in [-0.2, -0.15) is 8.62 Å². The zero-order valence-electron chi connectivity index (χ0n) is 15.5. The van der Waals surface area contributed by atoms with Gasteiger partial charge in [-0.25, -0.2) is 32.4 Å². The number of aliphatic hydroxyl groups excluding tert-OH is 1. The maximum Gasteiger partial charge on any atom is 0.490 e. The Labute approximate surface area is 173 Å². The number of aliphatic hydroxyl groups is 1. The van der Waals surface area contributed by atoms with Gasteiger partial charge in [0.1, 0.15) is 17.9 Å². The molecule has 1 aromatic rings. The first-order chi connectivity index (χ1) is 14.0. The highest BCUT2D eigenvalue weighted by atomic mass is 31.3. The molecule has 31 heavy (non-hydrogen) atoms. The SMILES string of the molecule is C=C[C@]1(COP(=O)(O)OP(=O)(O)OP(=O)(O)O)O[C@@H]([n+]2ccc(=O)[nH]c2C)[C@H](F)[C@@H]1O. The van der Waals surface area contributed by atoms with Crippen LogP contribution >= 0.6 is 23.5 Å². The number of aromatic nitrogens is 2. The second-order valence-electron chi connectivity index (χ2n) is 6.22. The number of nitrogens with one attached hydrogen (secondary N) is 1. The summed E-state index contributed by atoms with van der Waals surface area (Å²) in [6, 6.07) is 1.05. The van der Waals surface area contributed by atoms with Crippen LogP contribution in [0.3, 0.4) is 0 Å². The molecule has 1 aliphatic rings. The standard InChI is InChI=1S/C12H18FN2O13P3/c1-3-12(6-25-30(21,22)28-31(23,24)27-29(18,19)20)10(17)9(13)11(26-12)15-5-4-8(16)14-7(15)2/h3-5,9-11,17H,1,6H2,2H3,(H4,18,19,20,21,22,23,24)/p+1/t9-,10+,11-,12-/m1/s1. The topological polar surface area (TPSA) is 226 Å². The lowest BCUT2D eigenvalue weighted by molar-refractivity contribution is -0.772. The number of phosphoric acid groups is 3. The molecule has 2 heterocycles. The third-order valence-corrected chi connectivity index (χ3v) is 7.76. The molecule has 0 amide bonds. The molecule has 1 saturated heterocycles.